The molecule has 3 heteroatoms. The van der Waals surface area contributed by atoms with Gasteiger partial charge < -0.3 is 9.47 Å². The Morgan fingerprint density at radius 3 is 2.67 bits per heavy atom. The Labute approximate surface area is 141 Å². The smallest absolute Gasteiger partial charge is 0.123 e. The summed E-state index contributed by atoms with van der Waals surface area (Å²) in [5.41, 5.74) is 6.07. The molecule has 1 aliphatic heterocycles. The maximum absolute atomic E-state index is 13.8. The van der Waals surface area contributed by atoms with Crippen LogP contribution in [-0.4, -0.2) is 23.1 Å². The van der Waals surface area contributed by atoms with E-state index < -0.39 is 0 Å². The van der Waals surface area contributed by atoms with Gasteiger partial charge in [-0.2, -0.15) is 0 Å². The highest BCUT2D eigenvalue weighted by atomic mass is 19.1. The van der Waals surface area contributed by atoms with Gasteiger partial charge in [0.15, 0.2) is 0 Å². The number of halogens is 1. The topological polar surface area (TPSA) is 8.17 Å². The molecule has 0 radical (unpaired) electrons. The second-order valence-corrected chi connectivity index (χ2v) is 6.67. The lowest BCUT2D eigenvalue weighted by Gasteiger charge is -2.23. The van der Waals surface area contributed by atoms with Gasteiger partial charge in [0.05, 0.1) is 5.52 Å². The average Bonchev–Trinajstić information content (AvgIpc) is 2.87. The summed E-state index contributed by atoms with van der Waals surface area (Å²) in [5, 5.41) is 1.03. The summed E-state index contributed by atoms with van der Waals surface area (Å²) < 4.78 is 16.0. The van der Waals surface area contributed by atoms with Crippen LogP contribution in [0, 0.1) is 12.7 Å². The van der Waals surface area contributed by atoms with Gasteiger partial charge in [0.2, 0.25) is 0 Å². The summed E-state index contributed by atoms with van der Waals surface area (Å²) in [6, 6.07) is 13.6. The quantitative estimate of drug-likeness (QED) is 0.664. The lowest BCUT2D eigenvalue weighted by atomic mass is 10.1. The third-order valence-electron chi connectivity index (χ3n) is 4.83. The number of hydrogen-bond acceptors (Lipinski definition) is 1. The Kier molecular flexibility index (Phi) is 3.73. The van der Waals surface area contributed by atoms with E-state index in [0.717, 1.165) is 30.4 Å². The number of likely N-dealkylation sites (N-methyl/N-ethyl adjacent to an activating group) is 1. The molecule has 24 heavy (non-hydrogen) atoms. The molecule has 2 nitrogen and oxygen atoms in total. The van der Waals surface area contributed by atoms with E-state index in [0.29, 0.717) is 0 Å². The Balaban J connectivity index is 1.84. The lowest BCUT2D eigenvalue weighted by Crippen LogP contribution is -2.26. The van der Waals surface area contributed by atoms with Gasteiger partial charge in [0.1, 0.15) is 5.82 Å². The molecule has 0 bridgehead atoms. The average molecular weight is 320 g/mol. The van der Waals surface area contributed by atoms with E-state index in [1.165, 1.54) is 22.4 Å². The molecular weight excluding hydrogens is 299 g/mol. The molecule has 0 aliphatic carbocycles. The Bertz CT molecular complexity index is 919. The Hall–Kier alpha value is -2.39. The molecule has 0 unspecified atom stereocenters. The van der Waals surface area contributed by atoms with Crippen LogP contribution in [0.3, 0.4) is 0 Å². The number of fused-ring (bicyclic) bond motifs is 3. The Morgan fingerprint density at radius 1 is 1.08 bits per heavy atom. The fraction of sp³-hybridized carbons (Fsp3) is 0.238. The van der Waals surface area contributed by atoms with Crippen LogP contribution >= 0.6 is 0 Å². The summed E-state index contributed by atoms with van der Waals surface area (Å²) in [6.07, 6.45) is 5.23. The first-order valence-electron chi connectivity index (χ1n) is 8.36. The van der Waals surface area contributed by atoms with Crippen LogP contribution in [0.25, 0.3) is 23.2 Å². The highest BCUT2D eigenvalue weighted by Gasteiger charge is 2.21. The van der Waals surface area contributed by atoms with Crippen molar-refractivity contribution in [1.29, 1.82) is 0 Å². The van der Waals surface area contributed by atoms with Crippen molar-refractivity contribution in [2.24, 2.45) is 0 Å². The summed E-state index contributed by atoms with van der Waals surface area (Å²) in [5.74, 6) is -0.168. The second kappa shape index (κ2) is 5.91. The van der Waals surface area contributed by atoms with E-state index >= 15 is 0 Å². The summed E-state index contributed by atoms with van der Waals surface area (Å²) >= 11 is 0. The minimum atomic E-state index is -0.168. The molecule has 2 heterocycles. The largest absolute Gasteiger partial charge is 0.320 e. The molecule has 0 atom stereocenters. The van der Waals surface area contributed by atoms with Crippen molar-refractivity contribution in [1.82, 2.24) is 9.47 Å². The van der Waals surface area contributed by atoms with Gasteiger partial charge in [0.25, 0.3) is 0 Å². The van der Waals surface area contributed by atoms with Gasteiger partial charge in [-0.15, -0.1) is 0 Å². The number of aromatic nitrogens is 1. The highest BCUT2D eigenvalue weighted by Crippen LogP contribution is 2.31. The molecule has 122 valence electrons. The fourth-order valence-electron chi connectivity index (χ4n) is 3.51. The standard InChI is InChI=1S/C21H21FN2/c1-15-3-5-16(6-4-15)9-12-24-20-8-7-17(22)13-18(20)19-14-23(2)11-10-21(19)24/h3-9,12-13H,10-11,14H2,1-2H3/b12-9+. The van der Waals surface area contributed by atoms with Gasteiger partial charge in [-0.1, -0.05) is 29.8 Å². The molecule has 1 aromatic heterocycles. The van der Waals surface area contributed by atoms with Crippen LogP contribution in [0.5, 0.6) is 0 Å². The summed E-state index contributed by atoms with van der Waals surface area (Å²) in [7, 11) is 2.12. The number of nitrogens with zero attached hydrogens (tertiary/aromatic N) is 2. The maximum atomic E-state index is 13.8. The number of hydrogen-bond donors (Lipinski definition) is 0. The van der Waals surface area contributed by atoms with Crippen LogP contribution in [0.15, 0.2) is 42.5 Å². The maximum Gasteiger partial charge on any atom is 0.123 e. The van der Waals surface area contributed by atoms with E-state index in [2.05, 4.69) is 60.0 Å². The monoisotopic (exact) mass is 320 g/mol. The molecule has 2 aromatic carbocycles. The third kappa shape index (κ3) is 2.65. The first-order chi connectivity index (χ1) is 11.6. The van der Waals surface area contributed by atoms with Gasteiger partial charge in [-0.25, -0.2) is 4.39 Å². The first-order valence-corrected chi connectivity index (χ1v) is 8.36. The summed E-state index contributed by atoms with van der Waals surface area (Å²) in [4.78, 5) is 2.29. The predicted molar refractivity (Wildman–Crippen MR) is 98.3 cm³/mol. The van der Waals surface area contributed by atoms with Crippen molar-refractivity contribution in [3.8, 4) is 0 Å². The SMILES string of the molecule is Cc1ccc(/C=C/n2c3c(c4cc(F)ccc42)CN(C)CC3)cc1. The minimum Gasteiger partial charge on any atom is -0.320 e. The molecule has 0 N–H and O–H groups in total. The lowest BCUT2D eigenvalue weighted by molar-refractivity contribution is 0.312. The molecule has 0 saturated carbocycles. The van der Waals surface area contributed by atoms with E-state index in [-0.39, 0.29) is 5.82 Å². The zero-order chi connectivity index (χ0) is 16.7. The zero-order valence-corrected chi connectivity index (χ0v) is 14.1. The van der Waals surface area contributed by atoms with Gasteiger partial charge >= 0.3 is 0 Å². The molecule has 1 aliphatic rings. The molecule has 3 aromatic rings. The van der Waals surface area contributed by atoms with Gasteiger partial charge in [0, 0.05) is 36.8 Å². The van der Waals surface area contributed by atoms with Gasteiger partial charge in [-0.3, -0.25) is 0 Å². The molecular formula is C21H21FN2. The van der Waals surface area contributed by atoms with Gasteiger partial charge in [-0.05, 0) is 49.4 Å². The minimum absolute atomic E-state index is 0.168. The molecule has 0 saturated heterocycles. The molecule has 4 rings (SSSR count). The Morgan fingerprint density at radius 2 is 1.88 bits per heavy atom. The van der Waals surface area contributed by atoms with E-state index in [9.17, 15) is 4.39 Å². The fourth-order valence-corrected chi connectivity index (χ4v) is 3.51. The zero-order valence-electron chi connectivity index (χ0n) is 14.1. The van der Waals surface area contributed by atoms with Crippen molar-refractivity contribution in [2.75, 3.05) is 13.6 Å². The van der Waals surface area contributed by atoms with Crippen molar-refractivity contribution in [3.63, 3.8) is 0 Å². The van der Waals surface area contributed by atoms with Crippen LogP contribution in [-0.2, 0) is 13.0 Å². The van der Waals surface area contributed by atoms with E-state index in [4.69, 9.17) is 0 Å². The normalized spacial score (nSPS) is 15.3. The van der Waals surface area contributed by atoms with Crippen LogP contribution in [0.2, 0.25) is 0 Å². The third-order valence-corrected chi connectivity index (χ3v) is 4.83. The number of benzene rings is 2. The predicted octanol–water partition coefficient (Wildman–Crippen LogP) is 4.70. The van der Waals surface area contributed by atoms with Crippen molar-refractivity contribution >= 4 is 23.2 Å². The van der Waals surface area contributed by atoms with Crippen molar-refractivity contribution in [3.05, 3.63) is 70.7 Å². The molecule has 0 fully saturated rings. The van der Waals surface area contributed by atoms with E-state index in [1.54, 1.807) is 12.1 Å². The summed E-state index contributed by atoms with van der Waals surface area (Å²) in [6.45, 7) is 4.00. The van der Waals surface area contributed by atoms with Crippen LogP contribution in [0.1, 0.15) is 22.4 Å². The van der Waals surface area contributed by atoms with Crippen LogP contribution < -0.4 is 0 Å². The number of aryl methyl sites for hydroxylation is 1. The number of rotatable bonds is 2. The van der Waals surface area contributed by atoms with Crippen molar-refractivity contribution < 1.29 is 4.39 Å². The second-order valence-electron chi connectivity index (χ2n) is 6.67. The first kappa shape index (κ1) is 15.2. The molecule has 0 spiro atoms. The molecule has 0 amide bonds. The van der Waals surface area contributed by atoms with Crippen LogP contribution in [0.4, 0.5) is 4.39 Å². The van der Waals surface area contributed by atoms with Crippen molar-refractivity contribution in [2.45, 2.75) is 19.9 Å². The highest BCUT2D eigenvalue weighted by molar-refractivity contribution is 5.88. The van der Waals surface area contributed by atoms with E-state index in [1.807, 2.05) is 6.07 Å².